The lowest BCUT2D eigenvalue weighted by Gasteiger charge is -2.11. The zero-order valence-corrected chi connectivity index (χ0v) is 12.0. The van der Waals surface area contributed by atoms with Crippen LogP contribution in [0.25, 0.3) is 0 Å². The van der Waals surface area contributed by atoms with Gasteiger partial charge in [-0.15, -0.1) is 0 Å². The summed E-state index contributed by atoms with van der Waals surface area (Å²) in [7, 11) is 1.56. The molecule has 1 aromatic rings. The van der Waals surface area contributed by atoms with Crippen molar-refractivity contribution in [3.8, 4) is 5.75 Å². The molecule has 1 aromatic carbocycles. The number of hydrogen-bond acceptors (Lipinski definition) is 6. The Kier molecular flexibility index (Phi) is 6.36. The molecule has 0 spiro atoms. The lowest BCUT2D eigenvalue weighted by atomic mass is 10.2. The molecule has 0 radical (unpaired) electrons. The van der Waals surface area contributed by atoms with Gasteiger partial charge in [-0.25, -0.2) is 4.79 Å². The maximum absolute atomic E-state index is 11.5. The van der Waals surface area contributed by atoms with E-state index in [1.165, 1.54) is 6.21 Å². The summed E-state index contributed by atoms with van der Waals surface area (Å²) in [6.45, 7) is 3.88. The highest BCUT2D eigenvalue weighted by atomic mass is 16.7. The van der Waals surface area contributed by atoms with Crippen LogP contribution < -0.4 is 10.5 Å². The number of methoxy groups -OCH3 is 1. The fraction of sp³-hybridized carbons (Fsp3) is 0.429. The molecule has 0 aliphatic heterocycles. The van der Waals surface area contributed by atoms with Gasteiger partial charge in [0.15, 0.2) is 0 Å². The molecule has 1 atom stereocenters. The highest BCUT2D eigenvalue weighted by Crippen LogP contribution is 2.17. The number of carbonyl (C=O) groups is 1. The van der Waals surface area contributed by atoms with Crippen LogP contribution in [0.1, 0.15) is 25.8 Å². The smallest absolute Gasteiger partial charge is 0.350 e. The Morgan fingerprint density at radius 3 is 2.75 bits per heavy atom. The van der Waals surface area contributed by atoms with E-state index in [-0.39, 0.29) is 0 Å². The fourth-order valence-corrected chi connectivity index (χ4v) is 1.52. The third kappa shape index (κ3) is 4.79. The molecule has 0 fully saturated rings. The standard InChI is InChI=1S/C14H20N2O4/c1-4-13(14(17)19-5-2)20-16-9-10-6-11(15)8-12(7-10)18-3/h6-9,13H,4-5,15H2,1-3H3/b16-9+. The van der Waals surface area contributed by atoms with Crippen molar-refractivity contribution in [3.05, 3.63) is 23.8 Å². The van der Waals surface area contributed by atoms with Crippen molar-refractivity contribution in [3.63, 3.8) is 0 Å². The number of esters is 1. The summed E-state index contributed by atoms with van der Waals surface area (Å²) in [4.78, 5) is 16.6. The number of oxime groups is 1. The topological polar surface area (TPSA) is 83.1 Å². The largest absolute Gasteiger partial charge is 0.497 e. The summed E-state index contributed by atoms with van der Waals surface area (Å²) in [6.07, 6.45) is 1.26. The van der Waals surface area contributed by atoms with E-state index in [1.807, 2.05) is 6.92 Å². The fourth-order valence-electron chi connectivity index (χ4n) is 1.52. The highest BCUT2D eigenvalue weighted by Gasteiger charge is 2.18. The van der Waals surface area contributed by atoms with Gasteiger partial charge >= 0.3 is 5.97 Å². The van der Waals surface area contributed by atoms with Crippen LogP contribution in [0.5, 0.6) is 5.75 Å². The minimum atomic E-state index is -0.700. The van der Waals surface area contributed by atoms with E-state index in [0.29, 0.717) is 24.5 Å². The van der Waals surface area contributed by atoms with Crippen LogP contribution in [-0.2, 0) is 14.4 Å². The first-order valence-corrected chi connectivity index (χ1v) is 6.41. The summed E-state index contributed by atoms with van der Waals surface area (Å²) in [5.74, 6) is 0.209. The van der Waals surface area contributed by atoms with E-state index in [4.69, 9.17) is 20.0 Å². The van der Waals surface area contributed by atoms with Crippen LogP contribution >= 0.6 is 0 Å². The first-order chi connectivity index (χ1) is 9.60. The van der Waals surface area contributed by atoms with E-state index in [0.717, 1.165) is 5.56 Å². The highest BCUT2D eigenvalue weighted by molar-refractivity contribution is 5.82. The minimum Gasteiger partial charge on any atom is -0.497 e. The van der Waals surface area contributed by atoms with Gasteiger partial charge in [0, 0.05) is 17.3 Å². The molecule has 2 N–H and O–H groups in total. The predicted octanol–water partition coefficient (Wildman–Crippen LogP) is 1.97. The van der Waals surface area contributed by atoms with Gasteiger partial charge in [-0.3, -0.25) is 0 Å². The Morgan fingerprint density at radius 1 is 1.40 bits per heavy atom. The molecule has 0 saturated heterocycles. The van der Waals surface area contributed by atoms with Crippen LogP contribution in [-0.4, -0.2) is 32.0 Å². The number of rotatable bonds is 7. The molecule has 110 valence electrons. The number of nitrogens with two attached hydrogens (primary N) is 1. The van der Waals surface area contributed by atoms with Crippen LogP contribution in [0.15, 0.2) is 23.4 Å². The first-order valence-electron chi connectivity index (χ1n) is 6.41. The summed E-state index contributed by atoms with van der Waals surface area (Å²) < 4.78 is 9.97. The normalized spacial score (nSPS) is 12.2. The second-order valence-electron chi connectivity index (χ2n) is 4.03. The number of ether oxygens (including phenoxy) is 2. The van der Waals surface area contributed by atoms with Crippen molar-refractivity contribution >= 4 is 17.9 Å². The second kappa shape index (κ2) is 8.04. The van der Waals surface area contributed by atoms with Gasteiger partial charge in [-0.1, -0.05) is 12.1 Å². The maximum atomic E-state index is 11.5. The Bertz CT molecular complexity index is 474. The van der Waals surface area contributed by atoms with Crippen LogP contribution in [0.3, 0.4) is 0 Å². The predicted molar refractivity (Wildman–Crippen MR) is 76.8 cm³/mol. The van der Waals surface area contributed by atoms with Crippen molar-refractivity contribution in [1.29, 1.82) is 0 Å². The van der Waals surface area contributed by atoms with E-state index in [1.54, 1.807) is 32.2 Å². The molecule has 0 heterocycles. The van der Waals surface area contributed by atoms with Gasteiger partial charge in [-0.05, 0) is 25.5 Å². The Labute approximate surface area is 118 Å². The van der Waals surface area contributed by atoms with Crippen molar-refractivity contribution < 1.29 is 19.1 Å². The number of nitrogen functional groups attached to an aromatic ring is 1. The molecule has 0 aliphatic carbocycles. The van der Waals surface area contributed by atoms with Gasteiger partial charge < -0.3 is 20.0 Å². The summed E-state index contributed by atoms with van der Waals surface area (Å²) >= 11 is 0. The van der Waals surface area contributed by atoms with Gasteiger partial charge in [0.25, 0.3) is 0 Å². The monoisotopic (exact) mass is 280 g/mol. The van der Waals surface area contributed by atoms with Crippen LogP contribution in [0.4, 0.5) is 5.69 Å². The van der Waals surface area contributed by atoms with Crippen molar-refractivity contribution in [1.82, 2.24) is 0 Å². The Hall–Kier alpha value is -2.24. The van der Waals surface area contributed by atoms with E-state index in [9.17, 15) is 4.79 Å². The Morgan fingerprint density at radius 2 is 2.15 bits per heavy atom. The minimum absolute atomic E-state index is 0.314. The molecule has 1 rings (SSSR count). The summed E-state index contributed by atoms with van der Waals surface area (Å²) in [6, 6.07) is 5.18. The summed E-state index contributed by atoms with van der Waals surface area (Å²) in [5.41, 5.74) is 7.01. The molecule has 20 heavy (non-hydrogen) atoms. The SMILES string of the molecule is CCOC(=O)C(CC)O/N=C/c1cc(N)cc(OC)c1. The van der Waals surface area contributed by atoms with Gasteiger partial charge in [0.2, 0.25) is 6.10 Å². The first kappa shape index (κ1) is 15.8. The third-order valence-corrected chi connectivity index (χ3v) is 2.50. The second-order valence-corrected chi connectivity index (χ2v) is 4.03. The molecule has 1 unspecified atom stereocenters. The molecule has 0 aliphatic rings. The van der Waals surface area contributed by atoms with E-state index in [2.05, 4.69) is 5.16 Å². The van der Waals surface area contributed by atoms with Crippen molar-refractivity contribution in [2.24, 2.45) is 5.16 Å². The van der Waals surface area contributed by atoms with Crippen LogP contribution in [0.2, 0.25) is 0 Å². The van der Waals surface area contributed by atoms with Gasteiger partial charge in [-0.2, -0.15) is 0 Å². The molecule has 0 aromatic heterocycles. The number of hydrogen-bond donors (Lipinski definition) is 1. The average Bonchev–Trinajstić information content (AvgIpc) is 2.43. The molecule has 0 bridgehead atoms. The average molecular weight is 280 g/mol. The molecule has 0 amide bonds. The number of nitrogens with zero attached hydrogens (tertiary/aromatic N) is 1. The summed E-state index contributed by atoms with van der Waals surface area (Å²) in [5, 5.41) is 3.80. The van der Waals surface area contributed by atoms with Crippen molar-refractivity contribution in [2.75, 3.05) is 19.5 Å². The number of carbonyl (C=O) groups excluding carboxylic acids is 1. The Balaban J connectivity index is 2.67. The zero-order chi connectivity index (χ0) is 15.0. The van der Waals surface area contributed by atoms with Gasteiger partial charge in [0.05, 0.1) is 19.9 Å². The lowest BCUT2D eigenvalue weighted by Crippen LogP contribution is -2.24. The quantitative estimate of drug-likeness (QED) is 0.357. The molecular weight excluding hydrogens is 260 g/mol. The lowest BCUT2D eigenvalue weighted by molar-refractivity contribution is -0.156. The molecule has 0 saturated carbocycles. The van der Waals surface area contributed by atoms with E-state index >= 15 is 0 Å². The van der Waals surface area contributed by atoms with Gasteiger partial charge in [0.1, 0.15) is 5.75 Å². The van der Waals surface area contributed by atoms with E-state index < -0.39 is 12.1 Å². The molecule has 6 nitrogen and oxygen atoms in total. The van der Waals surface area contributed by atoms with Crippen LogP contribution in [0, 0.1) is 0 Å². The molecule has 6 heteroatoms. The number of anilines is 1. The maximum Gasteiger partial charge on any atom is 0.350 e. The van der Waals surface area contributed by atoms with Crippen molar-refractivity contribution in [2.45, 2.75) is 26.4 Å². The molecular formula is C14H20N2O4. The third-order valence-electron chi connectivity index (χ3n) is 2.50. The zero-order valence-electron chi connectivity index (χ0n) is 12.0. The number of benzene rings is 1.